The van der Waals surface area contributed by atoms with Crippen molar-refractivity contribution in [2.24, 2.45) is 4.99 Å². The molecule has 0 amide bonds. The zero-order valence-corrected chi connectivity index (χ0v) is 18.0. The Labute approximate surface area is 167 Å². The molecule has 0 saturated carbocycles. The van der Waals surface area contributed by atoms with Crippen LogP contribution in [-0.2, 0) is 0 Å². The molecule has 0 aliphatic carbocycles. The molecule has 1 saturated heterocycles. The SMILES string of the molecule is CC[C@H]1CSC2=N[C@@H](c3ccccn3)[C@@H](c3c(C)c(C)n(C(C)C)c3C)N21. The summed E-state index contributed by atoms with van der Waals surface area (Å²) in [6.45, 7) is 13.7. The smallest absolute Gasteiger partial charge is 0.160 e. The van der Waals surface area contributed by atoms with Gasteiger partial charge in [-0.15, -0.1) is 0 Å². The number of aliphatic imine (C=N–C) groups is 1. The Morgan fingerprint density at radius 1 is 1.19 bits per heavy atom. The van der Waals surface area contributed by atoms with Crippen LogP contribution in [0, 0.1) is 20.8 Å². The van der Waals surface area contributed by atoms with Gasteiger partial charge in [-0.1, -0.05) is 24.8 Å². The van der Waals surface area contributed by atoms with Crippen LogP contribution in [0.15, 0.2) is 29.4 Å². The van der Waals surface area contributed by atoms with Gasteiger partial charge in [-0.2, -0.15) is 0 Å². The van der Waals surface area contributed by atoms with E-state index < -0.39 is 0 Å². The van der Waals surface area contributed by atoms with Gasteiger partial charge in [0.05, 0.1) is 11.7 Å². The molecule has 27 heavy (non-hydrogen) atoms. The molecule has 1 fully saturated rings. The van der Waals surface area contributed by atoms with E-state index in [4.69, 9.17) is 4.99 Å². The van der Waals surface area contributed by atoms with Gasteiger partial charge in [-0.25, -0.2) is 0 Å². The summed E-state index contributed by atoms with van der Waals surface area (Å²) < 4.78 is 2.49. The van der Waals surface area contributed by atoms with Crippen molar-refractivity contribution in [2.75, 3.05) is 5.75 Å². The average molecular weight is 383 g/mol. The van der Waals surface area contributed by atoms with Crippen LogP contribution in [0.5, 0.6) is 0 Å². The second-order valence-corrected chi connectivity index (χ2v) is 9.00. The van der Waals surface area contributed by atoms with Crippen LogP contribution in [-0.4, -0.2) is 31.4 Å². The third-order valence-corrected chi connectivity index (χ3v) is 7.33. The summed E-state index contributed by atoms with van der Waals surface area (Å²) in [6.07, 6.45) is 3.05. The van der Waals surface area contributed by atoms with E-state index in [0.29, 0.717) is 12.1 Å². The summed E-state index contributed by atoms with van der Waals surface area (Å²) in [4.78, 5) is 12.5. The van der Waals surface area contributed by atoms with Gasteiger partial charge >= 0.3 is 0 Å². The highest BCUT2D eigenvalue weighted by Crippen LogP contribution is 2.50. The standard InChI is InChI=1S/C22H30N4S/c1-7-17-12-27-22-24-20(18-10-8-9-11-23-18)21(26(17)22)19-14(4)15(5)25(13(2)3)16(19)6/h8-11,13,17,20-21H,7,12H2,1-6H3/t17-,20-,21+/m0/s1. The number of nitrogens with zero attached hydrogens (tertiary/aromatic N) is 4. The lowest BCUT2D eigenvalue weighted by Gasteiger charge is -2.32. The molecule has 0 unspecified atom stereocenters. The molecule has 2 aliphatic heterocycles. The lowest BCUT2D eigenvalue weighted by molar-refractivity contribution is 0.253. The highest BCUT2D eigenvalue weighted by Gasteiger charge is 2.47. The first-order chi connectivity index (χ1) is 13.0. The minimum absolute atomic E-state index is 0.0721. The Morgan fingerprint density at radius 3 is 2.56 bits per heavy atom. The van der Waals surface area contributed by atoms with Gasteiger partial charge in [-0.05, 0) is 58.7 Å². The molecule has 0 bridgehead atoms. The highest BCUT2D eigenvalue weighted by molar-refractivity contribution is 8.14. The van der Waals surface area contributed by atoms with Crippen molar-refractivity contribution in [1.82, 2.24) is 14.5 Å². The molecule has 2 aromatic heterocycles. The van der Waals surface area contributed by atoms with Crippen LogP contribution < -0.4 is 0 Å². The van der Waals surface area contributed by atoms with Crippen LogP contribution in [0.3, 0.4) is 0 Å². The molecular formula is C22H30N4S. The quantitative estimate of drug-likeness (QED) is 0.713. The molecule has 2 aliphatic rings. The molecule has 144 valence electrons. The van der Waals surface area contributed by atoms with Crippen LogP contribution in [0.4, 0.5) is 0 Å². The van der Waals surface area contributed by atoms with Gasteiger partial charge in [0.25, 0.3) is 0 Å². The van der Waals surface area contributed by atoms with E-state index in [-0.39, 0.29) is 12.1 Å². The van der Waals surface area contributed by atoms with Crippen molar-refractivity contribution < 1.29 is 0 Å². The van der Waals surface area contributed by atoms with Crippen LogP contribution >= 0.6 is 11.8 Å². The van der Waals surface area contributed by atoms with Crippen molar-refractivity contribution >= 4 is 16.9 Å². The van der Waals surface area contributed by atoms with E-state index in [1.165, 1.54) is 27.7 Å². The Kier molecular flexibility index (Phi) is 4.83. The van der Waals surface area contributed by atoms with Crippen molar-refractivity contribution in [3.8, 4) is 0 Å². The number of hydrogen-bond donors (Lipinski definition) is 0. The minimum atomic E-state index is 0.0721. The number of aromatic nitrogens is 2. The van der Waals surface area contributed by atoms with Crippen LogP contribution in [0.25, 0.3) is 0 Å². The van der Waals surface area contributed by atoms with Crippen molar-refractivity contribution in [3.63, 3.8) is 0 Å². The summed E-state index contributed by atoms with van der Waals surface area (Å²) in [7, 11) is 0. The fourth-order valence-electron chi connectivity index (χ4n) is 4.90. The van der Waals surface area contributed by atoms with Gasteiger partial charge in [0.2, 0.25) is 0 Å². The van der Waals surface area contributed by atoms with E-state index in [1.54, 1.807) is 0 Å². The first-order valence-electron chi connectivity index (χ1n) is 10.0. The van der Waals surface area contributed by atoms with E-state index >= 15 is 0 Å². The average Bonchev–Trinajstić information content (AvgIpc) is 3.27. The first kappa shape index (κ1) is 18.6. The summed E-state index contributed by atoms with van der Waals surface area (Å²) in [6, 6.07) is 7.53. The van der Waals surface area contributed by atoms with E-state index in [2.05, 4.69) is 68.1 Å². The zero-order valence-electron chi connectivity index (χ0n) is 17.2. The Bertz CT molecular complexity index is 868. The van der Waals surface area contributed by atoms with Crippen molar-refractivity contribution in [1.29, 1.82) is 0 Å². The van der Waals surface area contributed by atoms with Crippen molar-refractivity contribution in [2.45, 2.75) is 72.1 Å². The Balaban J connectivity index is 1.89. The summed E-state index contributed by atoms with van der Waals surface area (Å²) in [5, 5.41) is 1.20. The molecule has 4 nitrogen and oxygen atoms in total. The number of hydrogen-bond acceptors (Lipinski definition) is 4. The third-order valence-electron chi connectivity index (χ3n) is 6.20. The molecule has 0 radical (unpaired) electrons. The van der Waals surface area contributed by atoms with Gasteiger partial charge in [0.1, 0.15) is 6.04 Å². The molecule has 0 aromatic carbocycles. The molecular weight excluding hydrogens is 352 g/mol. The predicted molar refractivity (Wildman–Crippen MR) is 115 cm³/mol. The fourth-order valence-corrected chi connectivity index (χ4v) is 6.24. The lowest BCUT2D eigenvalue weighted by atomic mass is 9.92. The van der Waals surface area contributed by atoms with Crippen LogP contribution in [0.1, 0.15) is 73.5 Å². The number of amidine groups is 1. The Hall–Kier alpha value is -1.75. The zero-order chi connectivity index (χ0) is 19.3. The largest absolute Gasteiger partial charge is 0.346 e. The number of rotatable bonds is 4. The molecule has 4 rings (SSSR count). The van der Waals surface area contributed by atoms with Gasteiger partial charge in [-0.3, -0.25) is 9.98 Å². The molecule has 0 spiro atoms. The van der Waals surface area contributed by atoms with Gasteiger partial charge < -0.3 is 9.47 Å². The van der Waals surface area contributed by atoms with Crippen LogP contribution in [0.2, 0.25) is 0 Å². The number of pyridine rings is 1. The molecule has 4 heterocycles. The summed E-state index contributed by atoms with van der Waals surface area (Å²) in [5.74, 6) is 1.14. The van der Waals surface area contributed by atoms with Gasteiger partial charge in [0, 0.05) is 41.0 Å². The summed E-state index contributed by atoms with van der Waals surface area (Å²) in [5.41, 5.74) is 6.71. The maximum atomic E-state index is 5.18. The second-order valence-electron chi connectivity index (χ2n) is 8.01. The van der Waals surface area contributed by atoms with E-state index in [9.17, 15) is 0 Å². The molecule has 5 heteroatoms. The minimum Gasteiger partial charge on any atom is -0.346 e. The fraction of sp³-hybridized carbons (Fsp3) is 0.545. The first-order valence-corrected chi connectivity index (χ1v) is 11.0. The van der Waals surface area contributed by atoms with Gasteiger partial charge in [0.15, 0.2) is 5.17 Å². The molecule has 0 N–H and O–H groups in total. The van der Waals surface area contributed by atoms with E-state index in [0.717, 1.165) is 17.9 Å². The monoisotopic (exact) mass is 382 g/mol. The number of fused-ring (bicyclic) bond motifs is 1. The Morgan fingerprint density at radius 2 is 1.96 bits per heavy atom. The summed E-state index contributed by atoms with van der Waals surface area (Å²) >= 11 is 1.91. The van der Waals surface area contributed by atoms with E-state index in [1.807, 2.05) is 24.0 Å². The highest BCUT2D eigenvalue weighted by atomic mass is 32.2. The molecule has 3 atom stereocenters. The number of thioether (sulfide) groups is 1. The molecule has 2 aromatic rings. The second kappa shape index (κ2) is 7.01. The normalized spacial score (nSPS) is 24.6. The lowest BCUT2D eigenvalue weighted by Crippen LogP contribution is -2.35. The topological polar surface area (TPSA) is 33.4 Å². The maximum absolute atomic E-state index is 5.18. The predicted octanol–water partition coefficient (Wildman–Crippen LogP) is 5.37. The third kappa shape index (κ3) is 2.82. The maximum Gasteiger partial charge on any atom is 0.160 e. The van der Waals surface area contributed by atoms with Crippen molar-refractivity contribution in [3.05, 3.63) is 52.6 Å².